The number of carbonyl (C=O) groups excluding carboxylic acids is 1. The van der Waals surface area contributed by atoms with Gasteiger partial charge in [-0.05, 0) is 72.6 Å². The summed E-state index contributed by atoms with van der Waals surface area (Å²) in [5.74, 6) is 0.0317. The van der Waals surface area contributed by atoms with Gasteiger partial charge in [0.2, 0.25) is 0 Å². The highest BCUT2D eigenvalue weighted by molar-refractivity contribution is 7.80. The summed E-state index contributed by atoms with van der Waals surface area (Å²) in [5, 5.41) is 7.23. The van der Waals surface area contributed by atoms with Crippen molar-refractivity contribution in [1.82, 2.24) is 5.32 Å². The first-order chi connectivity index (χ1) is 11.4. The van der Waals surface area contributed by atoms with Gasteiger partial charge in [0.25, 0.3) is 5.91 Å². The molecular formula is C18H18Cl2N2OS. The molecule has 0 aliphatic heterocycles. The van der Waals surface area contributed by atoms with Gasteiger partial charge in [-0.2, -0.15) is 0 Å². The first kappa shape index (κ1) is 18.7. The Hall–Kier alpha value is -1.62. The number of hydrogen-bond donors (Lipinski definition) is 2. The second-order valence-electron chi connectivity index (χ2n) is 5.46. The molecule has 0 spiro atoms. The molecule has 126 valence electrons. The summed E-state index contributed by atoms with van der Waals surface area (Å²) in [6, 6.07) is 12.2. The van der Waals surface area contributed by atoms with Crippen molar-refractivity contribution in [3.63, 3.8) is 0 Å². The molecule has 1 unspecified atom stereocenters. The molecule has 0 aliphatic carbocycles. The number of halogens is 2. The molecule has 1 atom stereocenters. The summed E-state index contributed by atoms with van der Waals surface area (Å²) in [4.78, 5) is 12.2. The molecule has 0 saturated carbocycles. The van der Waals surface area contributed by atoms with Crippen LogP contribution in [0.15, 0.2) is 42.5 Å². The van der Waals surface area contributed by atoms with E-state index in [1.165, 1.54) is 0 Å². The Morgan fingerprint density at radius 1 is 1.12 bits per heavy atom. The van der Waals surface area contributed by atoms with Crippen molar-refractivity contribution in [2.75, 3.05) is 5.32 Å². The van der Waals surface area contributed by atoms with Crippen molar-refractivity contribution in [3.05, 3.63) is 63.6 Å². The monoisotopic (exact) mass is 380 g/mol. The first-order valence-corrected chi connectivity index (χ1v) is 8.74. The number of hydrogen-bond acceptors (Lipinski definition) is 2. The smallest absolute Gasteiger partial charge is 0.257 e. The predicted molar refractivity (Wildman–Crippen MR) is 105 cm³/mol. The molecule has 2 N–H and O–H groups in total. The molecule has 0 heterocycles. The average molecular weight is 381 g/mol. The SMILES string of the molecule is CCC(C)c1cc(Cl)ccc1NC(=S)NC(=O)c1ccc(Cl)cc1. The zero-order valence-corrected chi connectivity index (χ0v) is 15.7. The summed E-state index contributed by atoms with van der Waals surface area (Å²) in [5.41, 5.74) is 2.39. The van der Waals surface area contributed by atoms with Gasteiger partial charge >= 0.3 is 0 Å². The molecule has 0 radical (unpaired) electrons. The highest BCUT2D eigenvalue weighted by Crippen LogP contribution is 2.29. The summed E-state index contributed by atoms with van der Waals surface area (Å²) < 4.78 is 0. The van der Waals surface area contributed by atoms with E-state index >= 15 is 0 Å². The van der Waals surface area contributed by atoms with Gasteiger partial charge in [0.1, 0.15) is 0 Å². The lowest BCUT2D eigenvalue weighted by molar-refractivity contribution is 0.0978. The predicted octanol–water partition coefficient (Wildman–Crippen LogP) is 5.63. The van der Waals surface area contributed by atoms with Crippen LogP contribution in [-0.2, 0) is 0 Å². The Morgan fingerprint density at radius 3 is 2.38 bits per heavy atom. The first-order valence-electron chi connectivity index (χ1n) is 7.58. The normalized spacial score (nSPS) is 11.7. The Morgan fingerprint density at radius 2 is 1.75 bits per heavy atom. The Kier molecular flexibility index (Phi) is 6.60. The molecule has 1 amide bonds. The lowest BCUT2D eigenvalue weighted by Crippen LogP contribution is -2.34. The van der Waals surface area contributed by atoms with E-state index in [-0.39, 0.29) is 11.0 Å². The van der Waals surface area contributed by atoms with Gasteiger partial charge in [-0.3, -0.25) is 10.1 Å². The summed E-state index contributed by atoms with van der Waals surface area (Å²) in [6.45, 7) is 4.22. The number of thiocarbonyl (C=S) groups is 1. The molecule has 0 fully saturated rings. The summed E-state index contributed by atoms with van der Waals surface area (Å²) >= 11 is 17.2. The van der Waals surface area contributed by atoms with Crippen molar-refractivity contribution >= 4 is 52.1 Å². The third kappa shape index (κ3) is 4.94. The standard InChI is InChI=1S/C18H18Cl2N2OS/c1-3-11(2)15-10-14(20)8-9-16(15)21-18(24)22-17(23)12-4-6-13(19)7-5-12/h4-11H,3H2,1-2H3,(H2,21,22,23,24). The molecule has 0 aromatic heterocycles. The molecule has 0 saturated heterocycles. The third-order valence-corrected chi connectivity index (χ3v) is 4.43. The largest absolute Gasteiger partial charge is 0.332 e. The van der Waals surface area contributed by atoms with Crippen molar-refractivity contribution in [1.29, 1.82) is 0 Å². The number of carbonyl (C=O) groups is 1. The Bertz CT molecular complexity index is 747. The van der Waals surface area contributed by atoms with Crippen LogP contribution in [-0.4, -0.2) is 11.0 Å². The van der Waals surface area contributed by atoms with Crippen LogP contribution >= 0.6 is 35.4 Å². The molecular weight excluding hydrogens is 363 g/mol. The van der Waals surface area contributed by atoms with Gasteiger partial charge in [-0.1, -0.05) is 37.0 Å². The lowest BCUT2D eigenvalue weighted by Gasteiger charge is -2.17. The highest BCUT2D eigenvalue weighted by Gasteiger charge is 2.13. The van der Waals surface area contributed by atoms with Gasteiger partial charge in [0.05, 0.1) is 0 Å². The van der Waals surface area contributed by atoms with E-state index in [0.717, 1.165) is 17.7 Å². The maximum Gasteiger partial charge on any atom is 0.257 e. The fraction of sp³-hybridized carbons (Fsp3) is 0.222. The molecule has 2 rings (SSSR count). The fourth-order valence-electron chi connectivity index (χ4n) is 2.21. The fourth-order valence-corrected chi connectivity index (χ4v) is 2.71. The quantitative estimate of drug-likeness (QED) is 0.674. The Balaban J connectivity index is 2.09. The minimum atomic E-state index is -0.289. The number of benzene rings is 2. The van der Waals surface area contributed by atoms with Gasteiger partial charge in [0, 0.05) is 21.3 Å². The lowest BCUT2D eigenvalue weighted by atomic mass is 9.97. The molecule has 2 aromatic carbocycles. The van der Waals surface area contributed by atoms with E-state index in [0.29, 0.717) is 21.5 Å². The topological polar surface area (TPSA) is 41.1 Å². The molecule has 0 aliphatic rings. The molecule has 24 heavy (non-hydrogen) atoms. The van der Waals surface area contributed by atoms with Crippen molar-refractivity contribution in [3.8, 4) is 0 Å². The number of nitrogens with one attached hydrogen (secondary N) is 2. The van der Waals surface area contributed by atoms with E-state index in [2.05, 4.69) is 24.5 Å². The van der Waals surface area contributed by atoms with Crippen molar-refractivity contribution < 1.29 is 4.79 Å². The molecule has 6 heteroatoms. The number of anilines is 1. The van der Waals surface area contributed by atoms with Crippen LogP contribution in [0.4, 0.5) is 5.69 Å². The maximum absolute atomic E-state index is 12.2. The van der Waals surface area contributed by atoms with Crippen LogP contribution in [0.2, 0.25) is 10.0 Å². The molecule has 0 bridgehead atoms. The van der Waals surface area contributed by atoms with Crippen LogP contribution in [0.5, 0.6) is 0 Å². The van der Waals surface area contributed by atoms with Crippen molar-refractivity contribution in [2.45, 2.75) is 26.2 Å². The van der Waals surface area contributed by atoms with Crippen LogP contribution in [0.1, 0.15) is 42.1 Å². The summed E-state index contributed by atoms with van der Waals surface area (Å²) in [6.07, 6.45) is 0.971. The second kappa shape index (κ2) is 8.47. The van der Waals surface area contributed by atoms with Gasteiger partial charge in [-0.15, -0.1) is 0 Å². The van der Waals surface area contributed by atoms with Crippen LogP contribution in [0.3, 0.4) is 0 Å². The van der Waals surface area contributed by atoms with Crippen molar-refractivity contribution in [2.24, 2.45) is 0 Å². The second-order valence-corrected chi connectivity index (χ2v) is 6.74. The zero-order chi connectivity index (χ0) is 17.7. The summed E-state index contributed by atoms with van der Waals surface area (Å²) in [7, 11) is 0. The van der Waals surface area contributed by atoms with E-state index in [9.17, 15) is 4.79 Å². The Labute approximate surface area is 157 Å². The number of rotatable bonds is 4. The van der Waals surface area contributed by atoms with Crippen LogP contribution in [0.25, 0.3) is 0 Å². The van der Waals surface area contributed by atoms with E-state index in [1.807, 2.05) is 12.1 Å². The highest BCUT2D eigenvalue weighted by atomic mass is 35.5. The van der Waals surface area contributed by atoms with E-state index in [1.54, 1.807) is 30.3 Å². The zero-order valence-electron chi connectivity index (χ0n) is 13.4. The number of amides is 1. The molecule has 2 aromatic rings. The van der Waals surface area contributed by atoms with E-state index in [4.69, 9.17) is 35.4 Å². The van der Waals surface area contributed by atoms with Crippen LogP contribution < -0.4 is 10.6 Å². The van der Waals surface area contributed by atoms with Gasteiger partial charge in [-0.25, -0.2) is 0 Å². The van der Waals surface area contributed by atoms with Gasteiger partial charge < -0.3 is 5.32 Å². The van der Waals surface area contributed by atoms with E-state index < -0.39 is 0 Å². The minimum absolute atomic E-state index is 0.238. The van der Waals surface area contributed by atoms with Crippen LogP contribution in [0, 0.1) is 0 Å². The maximum atomic E-state index is 12.2. The van der Waals surface area contributed by atoms with Gasteiger partial charge in [0.15, 0.2) is 5.11 Å². The average Bonchev–Trinajstić information content (AvgIpc) is 2.56. The molecule has 3 nitrogen and oxygen atoms in total. The third-order valence-electron chi connectivity index (χ3n) is 3.74. The minimum Gasteiger partial charge on any atom is -0.332 e.